The molecule has 20 heavy (non-hydrogen) atoms. The fourth-order valence-corrected chi connectivity index (χ4v) is 3.48. The van der Waals surface area contributed by atoms with Crippen LogP contribution in [0.5, 0.6) is 0 Å². The molecule has 6 heteroatoms. The molecule has 1 fully saturated rings. The number of thiazole rings is 1. The van der Waals surface area contributed by atoms with Crippen molar-refractivity contribution in [2.45, 2.75) is 51.7 Å². The molecule has 0 aromatic carbocycles. The van der Waals surface area contributed by atoms with E-state index in [1.165, 1.54) is 4.88 Å². The smallest absolute Gasteiger partial charge is 0.223 e. The predicted octanol–water partition coefficient (Wildman–Crippen LogP) is 0.907. The first-order valence-corrected chi connectivity index (χ1v) is 7.93. The van der Waals surface area contributed by atoms with Crippen LogP contribution in [0.3, 0.4) is 0 Å². The topological polar surface area (TPSA) is 88.2 Å². The average Bonchev–Trinajstić information content (AvgIpc) is 2.89. The number of nitrogens with zero attached hydrogens (tertiary/aromatic N) is 1. The molecule has 1 aliphatic rings. The number of rotatable bonds is 5. The summed E-state index contributed by atoms with van der Waals surface area (Å²) >= 11 is 1.73. The molecule has 1 heterocycles. The number of hydrogen-bond acceptors (Lipinski definition) is 5. The van der Waals surface area contributed by atoms with Crippen molar-refractivity contribution in [2.24, 2.45) is 11.7 Å². The van der Waals surface area contributed by atoms with E-state index < -0.39 is 6.10 Å². The van der Waals surface area contributed by atoms with Crippen LogP contribution in [0.15, 0.2) is 0 Å². The first kappa shape index (κ1) is 15.4. The number of aliphatic hydroxyl groups is 1. The normalized spacial score (nSPS) is 25.9. The molecular formula is C14H23N3O2S. The van der Waals surface area contributed by atoms with Crippen molar-refractivity contribution in [1.29, 1.82) is 0 Å². The Bertz CT molecular complexity index is 445. The Morgan fingerprint density at radius 2 is 2.25 bits per heavy atom. The molecule has 4 N–H and O–H groups in total. The summed E-state index contributed by atoms with van der Waals surface area (Å²) in [4.78, 5) is 17.7. The van der Waals surface area contributed by atoms with Crippen LogP contribution in [0.25, 0.3) is 0 Å². The van der Waals surface area contributed by atoms with E-state index in [2.05, 4.69) is 17.2 Å². The molecule has 1 aliphatic carbocycles. The minimum atomic E-state index is -0.535. The largest absolute Gasteiger partial charge is 0.391 e. The molecule has 0 radical (unpaired) electrons. The molecule has 0 bridgehead atoms. The number of nitrogens with two attached hydrogens (primary N) is 1. The van der Waals surface area contributed by atoms with Gasteiger partial charge in [-0.05, 0) is 33.1 Å². The minimum Gasteiger partial charge on any atom is -0.391 e. The highest BCUT2D eigenvalue weighted by molar-refractivity contribution is 7.11. The zero-order valence-electron chi connectivity index (χ0n) is 12.1. The van der Waals surface area contributed by atoms with Crippen LogP contribution in [0.2, 0.25) is 0 Å². The number of nitrogens with one attached hydrogen (secondary N) is 1. The maximum Gasteiger partial charge on any atom is 0.223 e. The van der Waals surface area contributed by atoms with Gasteiger partial charge in [-0.3, -0.25) is 4.79 Å². The number of hydrogen-bond donors (Lipinski definition) is 3. The van der Waals surface area contributed by atoms with Gasteiger partial charge in [-0.25, -0.2) is 4.98 Å². The van der Waals surface area contributed by atoms with Gasteiger partial charge in [-0.1, -0.05) is 0 Å². The van der Waals surface area contributed by atoms with Crippen LogP contribution in [-0.4, -0.2) is 34.7 Å². The molecule has 3 atom stereocenters. The lowest BCUT2D eigenvalue weighted by Gasteiger charge is -2.09. The van der Waals surface area contributed by atoms with Crippen molar-refractivity contribution >= 4 is 17.2 Å². The quantitative estimate of drug-likeness (QED) is 0.705. The molecule has 112 valence electrons. The van der Waals surface area contributed by atoms with Gasteiger partial charge in [-0.2, -0.15) is 0 Å². The summed E-state index contributed by atoms with van der Waals surface area (Å²) in [5, 5.41) is 13.6. The van der Waals surface area contributed by atoms with Crippen LogP contribution in [0.1, 0.15) is 34.8 Å². The highest BCUT2D eigenvalue weighted by atomic mass is 32.1. The number of aromatic nitrogens is 1. The van der Waals surface area contributed by atoms with Gasteiger partial charge in [0.2, 0.25) is 5.91 Å². The number of aliphatic hydroxyl groups excluding tert-OH is 1. The summed E-state index contributed by atoms with van der Waals surface area (Å²) in [6, 6.07) is -0.257. The lowest BCUT2D eigenvalue weighted by atomic mass is 10.1. The van der Waals surface area contributed by atoms with Crippen molar-refractivity contribution in [3.8, 4) is 0 Å². The molecular weight excluding hydrogens is 274 g/mol. The minimum absolute atomic E-state index is 0.0171. The Morgan fingerprint density at radius 1 is 1.50 bits per heavy atom. The standard InChI is InChI=1S/C14H23N3O2S/c1-8-9(2)20-13(17-8)4-3-5-16-14(19)10-6-11(15)12(18)7-10/h10-12,18H,3-7,15H2,1-2H3,(H,16,19)/t10-,11-,12-/m0/s1. The first-order valence-electron chi connectivity index (χ1n) is 7.11. The van der Waals surface area contributed by atoms with Gasteiger partial charge >= 0.3 is 0 Å². The Hall–Kier alpha value is -0.980. The zero-order valence-corrected chi connectivity index (χ0v) is 12.9. The molecule has 0 spiro atoms. The highest BCUT2D eigenvalue weighted by Gasteiger charge is 2.34. The van der Waals surface area contributed by atoms with E-state index >= 15 is 0 Å². The van der Waals surface area contributed by atoms with Gasteiger partial charge < -0.3 is 16.2 Å². The van der Waals surface area contributed by atoms with Crippen molar-refractivity contribution in [3.05, 3.63) is 15.6 Å². The van der Waals surface area contributed by atoms with Crippen LogP contribution in [-0.2, 0) is 11.2 Å². The van der Waals surface area contributed by atoms with Crippen LogP contribution < -0.4 is 11.1 Å². The van der Waals surface area contributed by atoms with Crippen LogP contribution in [0.4, 0.5) is 0 Å². The van der Waals surface area contributed by atoms with E-state index in [0.29, 0.717) is 19.4 Å². The second kappa shape index (κ2) is 6.65. The number of carbonyl (C=O) groups is 1. The van der Waals surface area contributed by atoms with Gasteiger partial charge in [0.05, 0.1) is 16.8 Å². The third kappa shape index (κ3) is 3.77. The maximum atomic E-state index is 11.9. The molecule has 0 unspecified atom stereocenters. The van der Waals surface area contributed by atoms with Crippen molar-refractivity contribution in [1.82, 2.24) is 10.3 Å². The molecule has 0 aliphatic heterocycles. The molecule has 2 rings (SSSR count). The van der Waals surface area contributed by atoms with E-state index in [9.17, 15) is 9.90 Å². The lowest BCUT2D eigenvalue weighted by molar-refractivity contribution is -0.125. The number of amides is 1. The SMILES string of the molecule is Cc1nc(CCCNC(=O)[C@H]2C[C@H](N)[C@@H](O)C2)sc1C. The molecule has 1 aromatic heterocycles. The van der Waals surface area contributed by atoms with Gasteiger partial charge in [-0.15, -0.1) is 11.3 Å². The van der Waals surface area contributed by atoms with Crippen molar-refractivity contribution in [2.75, 3.05) is 6.54 Å². The molecule has 0 saturated heterocycles. The van der Waals surface area contributed by atoms with Gasteiger partial charge in [0.1, 0.15) is 0 Å². The molecule has 1 aromatic rings. The van der Waals surface area contributed by atoms with Gasteiger partial charge in [0, 0.05) is 29.8 Å². The molecule has 1 saturated carbocycles. The Balaban J connectivity index is 1.67. The monoisotopic (exact) mass is 297 g/mol. The Kier molecular flexibility index (Phi) is 5.12. The van der Waals surface area contributed by atoms with E-state index in [-0.39, 0.29) is 17.9 Å². The van der Waals surface area contributed by atoms with Crippen LogP contribution >= 0.6 is 11.3 Å². The third-order valence-corrected chi connectivity index (χ3v) is 5.02. The Morgan fingerprint density at radius 3 is 2.80 bits per heavy atom. The fraction of sp³-hybridized carbons (Fsp3) is 0.714. The molecule has 5 nitrogen and oxygen atoms in total. The van der Waals surface area contributed by atoms with E-state index in [1.807, 2.05) is 6.92 Å². The second-order valence-electron chi connectivity index (χ2n) is 5.54. The average molecular weight is 297 g/mol. The summed E-state index contributed by atoms with van der Waals surface area (Å²) in [7, 11) is 0. The molecule has 1 amide bonds. The summed E-state index contributed by atoms with van der Waals surface area (Å²) in [6.07, 6.45) is 2.31. The summed E-state index contributed by atoms with van der Waals surface area (Å²) < 4.78 is 0. The third-order valence-electron chi connectivity index (χ3n) is 3.89. The maximum absolute atomic E-state index is 11.9. The highest BCUT2D eigenvalue weighted by Crippen LogP contribution is 2.24. The van der Waals surface area contributed by atoms with E-state index in [1.54, 1.807) is 11.3 Å². The number of aryl methyl sites for hydroxylation is 3. The zero-order chi connectivity index (χ0) is 14.7. The van der Waals surface area contributed by atoms with E-state index in [4.69, 9.17) is 5.73 Å². The second-order valence-corrected chi connectivity index (χ2v) is 6.83. The van der Waals surface area contributed by atoms with Crippen LogP contribution in [0, 0.1) is 19.8 Å². The predicted molar refractivity (Wildman–Crippen MR) is 79.6 cm³/mol. The van der Waals surface area contributed by atoms with Crippen molar-refractivity contribution < 1.29 is 9.90 Å². The Labute approximate surface area is 123 Å². The summed E-state index contributed by atoms with van der Waals surface area (Å²) in [5.74, 6) is -0.118. The lowest BCUT2D eigenvalue weighted by Crippen LogP contribution is -2.31. The van der Waals surface area contributed by atoms with Gasteiger partial charge in [0.25, 0.3) is 0 Å². The summed E-state index contributed by atoms with van der Waals surface area (Å²) in [6.45, 7) is 4.75. The first-order chi connectivity index (χ1) is 9.47. The van der Waals surface area contributed by atoms with Gasteiger partial charge in [0.15, 0.2) is 0 Å². The fourth-order valence-electron chi connectivity index (χ4n) is 2.50. The van der Waals surface area contributed by atoms with E-state index in [0.717, 1.165) is 23.5 Å². The van der Waals surface area contributed by atoms with Crippen molar-refractivity contribution in [3.63, 3.8) is 0 Å². The summed E-state index contributed by atoms with van der Waals surface area (Å²) in [5.41, 5.74) is 6.82. The number of carbonyl (C=O) groups excluding carboxylic acids is 1.